The van der Waals surface area contributed by atoms with E-state index in [0.29, 0.717) is 18.5 Å². The van der Waals surface area contributed by atoms with Crippen LogP contribution in [-0.2, 0) is 11.8 Å². The molecule has 0 radical (unpaired) electrons. The average Bonchev–Trinajstić information content (AvgIpc) is 3.26. The van der Waals surface area contributed by atoms with Gasteiger partial charge in [-0.25, -0.2) is 4.68 Å². The SMILES string of the molecule is CCc1ncc(Nc2cc(C#N)cc(C(C)(C)C)c2)cc1-n1cc(C(=O)NCC(C)(C)C)nn1. The van der Waals surface area contributed by atoms with Crippen molar-refractivity contribution in [2.24, 2.45) is 5.41 Å². The van der Waals surface area contributed by atoms with Gasteiger partial charge in [-0.15, -0.1) is 5.10 Å². The number of hydrogen-bond donors (Lipinski definition) is 2. The molecule has 8 nitrogen and oxygen atoms in total. The first kappa shape index (κ1) is 24.9. The molecule has 0 fully saturated rings. The molecule has 1 amide bonds. The number of carbonyl (C=O) groups excluding carboxylic acids is 1. The molecule has 0 spiro atoms. The highest BCUT2D eigenvalue weighted by Gasteiger charge is 2.18. The van der Waals surface area contributed by atoms with Gasteiger partial charge in [0, 0.05) is 12.2 Å². The van der Waals surface area contributed by atoms with Crippen molar-refractivity contribution in [2.45, 2.75) is 60.3 Å². The maximum Gasteiger partial charge on any atom is 0.273 e. The number of nitrogens with one attached hydrogen (secondary N) is 2. The Bertz CT molecular complexity index is 1220. The summed E-state index contributed by atoms with van der Waals surface area (Å²) in [6.07, 6.45) is 4.07. The summed E-state index contributed by atoms with van der Waals surface area (Å²) in [6.45, 7) is 15.1. The number of anilines is 2. The molecule has 0 aliphatic carbocycles. The summed E-state index contributed by atoms with van der Waals surface area (Å²) >= 11 is 0. The Labute approximate surface area is 201 Å². The van der Waals surface area contributed by atoms with Crippen LogP contribution in [0.3, 0.4) is 0 Å². The molecule has 0 saturated heterocycles. The van der Waals surface area contributed by atoms with Crippen molar-refractivity contribution in [3.05, 3.63) is 59.2 Å². The molecule has 1 aromatic carbocycles. The van der Waals surface area contributed by atoms with Gasteiger partial charge >= 0.3 is 0 Å². The van der Waals surface area contributed by atoms with E-state index in [1.54, 1.807) is 17.1 Å². The molecule has 0 bridgehead atoms. The van der Waals surface area contributed by atoms with E-state index >= 15 is 0 Å². The van der Waals surface area contributed by atoms with E-state index in [2.05, 4.69) is 73.5 Å². The van der Waals surface area contributed by atoms with Gasteiger partial charge in [0.2, 0.25) is 0 Å². The molecule has 8 heteroatoms. The predicted molar refractivity (Wildman–Crippen MR) is 133 cm³/mol. The largest absolute Gasteiger partial charge is 0.354 e. The summed E-state index contributed by atoms with van der Waals surface area (Å²) < 4.78 is 1.58. The maximum absolute atomic E-state index is 12.5. The van der Waals surface area contributed by atoms with E-state index in [9.17, 15) is 10.1 Å². The predicted octanol–water partition coefficient (Wildman–Crippen LogP) is 4.91. The molecule has 3 aromatic rings. The van der Waals surface area contributed by atoms with Gasteiger partial charge in [-0.05, 0) is 47.1 Å². The first-order valence-corrected chi connectivity index (χ1v) is 11.4. The second-order valence-corrected chi connectivity index (χ2v) is 10.6. The lowest BCUT2D eigenvalue weighted by Gasteiger charge is -2.21. The van der Waals surface area contributed by atoms with Gasteiger partial charge in [0.15, 0.2) is 5.69 Å². The smallest absolute Gasteiger partial charge is 0.273 e. The van der Waals surface area contributed by atoms with Gasteiger partial charge in [-0.2, -0.15) is 5.26 Å². The average molecular weight is 460 g/mol. The van der Waals surface area contributed by atoms with Crippen LogP contribution < -0.4 is 10.6 Å². The molecule has 2 N–H and O–H groups in total. The topological polar surface area (TPSA) is 109 Å². The number of aromatic nitrogens is 4. The molecule has 2 heterocycles. The lowest BCUT2D eigenvalue weighted by atomic mass is 9.86. The number of aryl methyl sites for hydroxylation is 1. The normalized spacial score (nSPS) is 11.7. The van der Waals surface area contributed by atoms with Crippen LogP contribution in [0.25, 0.3) is 5.69 Å². The van der Waals surface area contributed by atoms with Crippen LogP contribution in [0.1, 0.15) is 75.8 Å². The first-order valence-electron chi connectivity index (χ1n) is 11.4. The summed E-state index contributed by atoms with van der Waals surface area (Å²) in [4.78, 5) is 17.1. The summed E-state index contributed by atoms with van der Waals surface area (Å²) in [5.74, 6) is -0.260. The van der Waals surface area contributed by atoms with Gasteiger partial charge in [-0.1, -0.05) is 53.7 Å². The van der Waals surface area contributed by atoms with Crippen LogP contribution in [0.5, 0.6) is 0 Å². The van der Waals surface area contributed by atoms with Gasteiger partial charge in [-0.3, -0.25) is 9.78 Å². The summed E-state index contributed by atoms with van der Waals surface area (Å²) in [6, 6.07) is 9.93. The first-order chi connectivity index (χ1) is 15.9. The third-order valence-electron chi connectivity index (χ3n) is 5.25. The number of benzene rings is 1. The Kier molecular flexibility index (Phi) is 7.06. The van der Waals surface area contributed by atoms with Crippen molar-refractivity contribution >= 4 is 17.3 Å². The van der Waals surface area contributed by atoms with E-state index in [4.69, 9.17) is 0 Å². The minimum absolute atomic E-state index is 0.0271. The zero-order valence-corrected chi connectivity index (χ0v) is 21.0. The van der Waals surface area contributed by atoms with Crippen LogP contribution in [-0.4, -0.2) is 32.4 Å². The minimum Gasteiger partial charge on any atom is -0.354 e. The number of carbonyl (C=O) groups is 1. The number of pyridine rings is 1. The van der Waals surface area contributed by atoms with Crippen LogP contribution in [0.2, 0.25) is 0 Å². The Hall–Kier alpha value is -3.73. The number of hydrogen-bond acceptors (Lipinski definition) is 6. The second kappa shape index (κ2) is 9.64. The highest BCUT2D eigenvalue weighted by molar-refractivity contribution is 5.91. The van der Waals surface area contributed by atoms with Gasteiger partial charge in [0.05, 0.1) is 41.1 Å². The van der Waals surface area contributed by atoms with Crippen molar-refractivity contribution < 1.29 is 4.79 Å². The quantitative estimate of drug-likeness (QED) is 0.542. The molecule has 0 saturated carbocycles. The highest BCUT2D eigenvalue weighted by Crippen LogP contribution is 2.29. The van der Waals surface area contributed by atoms with Gasteiger partial charge < -0.3 is 10.6 Å². The monoisotopic (exact) mass is 459 g/mol. The van der Waals surface area contributed by atoms with Crippen LogP contribution in [0.15, 0.2) is 36.7 Å². The molecule has 0 atom stereocenters. The van der Waals surface area contributed by atoms with Gasteiger partial charge in [0.25, 0.3) is 5.91 Å². The third-order valence-corrected chi connectivity index (χ3v) is 5.25. The fourth-order valence-electron chi connectivity index (χ4n) is 3.31. The van der Waals surface area contributed by atoms with E-state index in [1.165, 1.54) is 0 Å². The third kappa shape index (κ3) is 6.19. The minimum atomic E-state index is -0.260. The molecule has 0 unspecified atom stereocenters. The van der Waals surface area contributed by atoms with Crippen molar-refractivity contribution in [1.29, 1.82) is 5.26 Å². The maximum atomic E-state index is 12.5. The molecule has 34 heavy (non-hydrogen) atoms. The van der Waals surface area contributed by atoms with Crippen molar-refractivity contribution in [2.75, 3.05) is 11.9 Å². The van der Waals surface area contributed by atoms with Crippen molar-refractivity contribution in [3.63, 3.8) is 0 Å². The fourth-order valence-corrected chi connectivity index (χ4v) is 3.31. The van der Waals surface area contributed by atoms with E-state index in [-0.39, 0.29) is 22.4 Å². The molecule has 178 valence electrons. The Morgan fingerprint density at radius 2 is 1.82 bits per heavy atom. The Morgan fingerprint density at radius 3 is 2.44 bits per heavy atom. The Morgan fingerprint density at radius 1 is 1.09 bits per heavy atom. The molecule has 2 aromatic heterocycles. The molecular weight excluding hydrogens is 426 g/mol. The summed E-state index contributed by atoms with van der Waals surface area (Å²) in [5.41, 5.74) is 4.91. The van der Waals surface area contributed by atoms with E-state index < -0.39 is 0 Å². The molecular formula is C26H33N7O. The molecule has 0 aliphatic rings. The number of nitrogens with zero attached hydrogens (tertiary/aromatic N) is 5. The number of rotatable bonds is 6. The zero-order valence-electron chi connectivity index (χ0n) is 21.0. The fraction of sp³-hybridized carbons (Fsp3) is 0.423. The second-order valence-electron chi connectivity index (χ2n) is 10.6. The molecule has 3 rings (SSSR count). The number of amides is 1. The summed E-state index contributed by atoms with van der Waals surface area (Å²) in [5, 5.41) is 24.0. The van der Waals surface area contributed by atoms with Crippen LogP contribution in [0, 0.1) is 16.7 Å². The number of nitriles is 1. The van der Waals surface area contributed by atoms with Crippen molar-refractivity contribution in [1.82, 2.24) is 25.3 Å². The molecule has 0 aliphatic heterocycles. The van der Waals surface area contributed by atoms with E-state index in [1.807, 2.05) is 31.2 Å². The zero-order chi connectivity index (χ0) is 25.1. The highest BCUT2D eigenvalue weighted by atomic mass is 16.2. The lowest BCUT2D eigenvalue weighted by molar-refractivity contribution is 0.0934. The standard InChI is InChI=1S/C26H33N7O/c1-8-21-23(33-15-22(31-32-33)24(34)29-16-25(2,3)4)12-20(14-28-21)30-19-10-17(13-27)9-18(11-19)26(5,6)7/h9-12,14-15,30H,8,16H2,1-7H3,(H,29,34). The van der Waals surface area contributed by atoms with Crippen LogP contribution >= 0.6 is 0 Å². The van der Waals surface area contributed by atoms with E-state index in [0.717, 1.165) is 28.3 Å². The van der Waals surface area contributed by atoms with Crippen LogP contribution in [0.4, 0.5) is 11.4 Å². The van der Waals surface area contributed by atoms with Gasteiger partial charge in [0.1, 0.15) is 0 Å². The summed E-state index contributed by atoms with van der Waals surface area (Å²) in [7, 11) is 0. The lowest BCUT2D eigenvalue weighted by Crippen LogP contribution is -2.32. The van der Waals surface area contributed by atoms with Crippen molar-refractivity contribution in [3.8, 4) is 11.8 Å². The Balaban J connectivity index is 1.90.